The predicted octanol–water partition coefficient (Wildman–Crippen LogP) is 3.61. The van der Waals surface area contributed by atoms with Gasteiger partial charge < -0.3 is 9.72 Å². The van der Waals surface area contributed by atoms with Gasteiger partial charge in [-0.15, -0.1) is 0 Å². The molecule has 1 aliphatic rings. The molecule has 3 heteroatoms. The fourth-order valence-electron chi connectivity index (χ4n) is 3.43. The molecule has 1 N–H and O–H groups in total. The molecule has 0 bridgehead atoms. The number of aromatic nitrogens is 1. The van der Waals surface area contributed by atoms with Gasteiger partial charge in [0.1, 0.15) is 0 Å². The maximum atomic E-state index is 5.97. The van der Waals surface area contributed by atoms with Crippen LogP contribution in [0.15, 0.2) is 60.8 Å². The quantitative estimate of drug-likeness (QED) is 0.797. The molecule has 2 aromatic carbocycles. The highest BCUT2D eigenvalue weighted by atomic mass is 16.5. The van der Waals surface area contributed by atoms with Crippen LogP contribution in [0.2, 0.25) is 0 Å². The van der Waals surface area contributed by atoms with Crippen LogP contribution < -0.4 is 0 Å². The number of benzene rings is 2. The van der Waals surface area contributed by atoms with E-state index in [9.17, 15) is 0 Å². The van der Waals surface area contributed by atoms with Gasteiger partial charge in [-0.05, 0) is 23.6 Å². The molecular formula is C20H22N2O. The number of hydrogen-bond donors (Lipinski definition) is 1. The van der Waals surface area contributed by atoms with Gasteiger partial charge in [0.25, 0.3) is 0 Å². The molecule has 0 radical (unpaired) electrons. The molecule has 3 nitrogen and oxygen atoms in total. The topological polar surface area (TPSA) is 28.3 Å². The Balaban J connectivity index is 1.43. The molecule has 4 rings (SSSR count). The molecule has 0 aliphatic carbocycles. The fraction of sp³-hybridized carbons (Fsp3) is 0.300. The Labute approximate surface area is 136 Å². The van der Waals surface area contributed by atoms with Crippen molar-refractivity contribution in [1.29, 1.82) is 0 Å². The van der Waals surface area contributed by atoms with Gasteiger partial charge in [-0.2, -0.15) is 0 Å². The van der Waals surface area contributed by atoms with Crippen molar-refractivity contribution in [3.8, 4) is 0 Å². The third-order valence-corrected chi connectivity index (χ3v) is 4.60. The lowest BCUT2D eigenvalue weighted by atomic mass is 10.1. The maximum absolute atomic E-state index is 5.97. The number of aromatic amines is 1. The van der Waals surface area contributed by atoms with Gasteiger partial charge in [-0.3, -0.25) is 4.90 Å². The zero-order valence-corrected chi connectivity index (χ0v) is 13.2. The van der Waals surface area contributed by atoms with Crippen molar-refractivity contribution in [1.82, 2.24) is 9.88 Å². The third kappa shape index (κ3) is 3.31. The summed E-state index contributed by atoms with van der Waals surface area (Å²) in [6.45, 7) is 3.80. The van der Waals surface area contributed by atoms with Crippen molar-refractivity contribution >= 4 is 10.9 Å². The number of morpholine rings is 1. The van der Waals surface area contributed by atoms with E-state index in [1.54, 1.807) is 0 Å². The van der Waals surface area contributed by atoms with E-state index in [0.29, 0.717) is 0 Å². The van der Waals surface area contributed by atoms with Gasteiger partial charge in [0.15, 0.2) is 0 Å². The average Bonchev–Trinajstić information content (AvgIpc) is 2.99. The Kier molecular flexibility index (Phi) is 4.14. The summed E-state index contributed by atoms with van der Waals surface area (Å²) in [5.74, 6) is 0. The Hall–Kier alpha value is -2.10. The average molecular weight is 306 g/mol. The van der Waals surface area contributed by atoms with E-state index in [2.05, 4.69) is 70.7 Å². The normalized spacial score (nSPS) is 19.2. The zero-order chi connectivity index (χ0) is 15.5. The van der Waals surface area contributed by atoms with Crippen molar-refractivity contribution in [2.45, 2.75) is 19.1 Å². The molecule has 1 aromatic heterocycles. The van der Waals surface area contributed by atoms with Gasteiger partial charge in [-0.1, -0.05) is 48.5 Å². The summed E-state index contributed by atoms with van der Waals surface area (Å²) < 4.78 is 5.97. The molecule has 23 heavy (non-hydrogen) atoms. The summed E-state index contributed by atoms with van der Waals surface area (Å²) in [7, 11) is 0. The Morgan fingerprint density at radius 1 is 1.04 bits per heavy atom. The summed E-state index contributed by atoms with van der Waals surface area (Å²) in [4.78, 5) is 5.88. The Bertz CT molecular complexity index is 765. The second-order valence-electron chi connectivity index (χ2n) is 6.28. The van der Waals surface area contributed by atoms with Gasteiger partial charge in [0.05, 0.1) is 12.7 Å². The van der Waals surface area contributed by atoms with Crippen LogP contribution in [0.3, 0.4) is 0 Å². The van der Waals surface area contributed by atoms with Crippen LogP contribution in [0, 0.1) is 0 Å². The van der Waals surface area contributed by atoms with Crippen LogP contribution in [0.4, 0.5) is 0 Å². The van der Waals surface area contributed by atoms with Crippen molar-refractivity contribution in [3.05, 3.63) is 71.9 Å². The molecule has 0 spiro atoms. The minimum absolute atomic E-state index is 0.288. The summed E-state index contributed by atoms with van der Waals surface area (Å²) in [6, 6.07) is 19.1. The Morgan fingerprint density at radius 2 is 1.87 bits per heavy atom. The number of nitrogens with one attached hydrogen (secondary N) is 1. The molecule has 118 valence electrons. The van der Waals surface area contributed by atoms with Crippen LogP contribution in [0.25, 0.3) is 10.9 Å². The van der Waals surface area contributed by atoms with Crippen LogP contribution in [-0.4, -0.2) is 35.7 Å². The fourth-order valence-corrected chi connectivity index (χ4v) is 3.43. The highest BCUT2D eigenvalue weighted by Crippen LogP contribution is 2.21. The molecule has 0 saturated carbocycles. The summed E-state index contributed by atoms with van der Waals surface area (Å²) >= 11 is 0. The highest BCUT2D eigenvalue weighted by Gasteiger charge is 2.21. The second-order valence-corrected chi connectivity index (χ2v) is 6.28. The van der Waals surface area contributed by atoms with E-state index in [1.165, 1.54) is 22.0 Å². The van der Waals surface area contributed by atoms with E-state index in [-0.39, 0.29) is 6.10 Å². The van der Waals surface area contributed by atoms with E-state index >= 15 is 0 Å². The number of H-pyrrole nitrogens is 1. The SMILES string of the molecule is c1ccc(CC2CN(Cc3c[nH]c4ccccc34)CCO2)cc1. The van der Waals surface area contributed by atoms with Gasteiger partial charge in [-0.25, -0.2) is 0 Å². The highest BCUT2D eigenvalue weighted by molar-refractivity contribution is 5.82. The molecular weight excluding hydrogens is 284 g/mol. The zero-order valence-electron chi connectivity index (χ0n) is 13.2. The van der Waals surface area contributed by atoms with E-state index < -0.39 is 0 Å². The van der Waals surface area contributed by atoms with Crippen LogP contribution in [-0.2, 0) is 17.7 Å². The number of hydrogen-bond acceptors (Lipinski definition) is 2. The lowest BCUT2D eigenvalue weighted by Gasteiger charge is -2.33. The minimum Gasteiger partial charge on any atom is -0.375 e. The number of rotatable bonds is 4. The molecule has 3 aromatic rings. The van der Waals surface area contributed by atoms with Crippen molar-refractivity contribution in [2.24, 2.45) is 0 Å². The number of nitrogens with zero attached hydrogens (tertiary/aromatic N) is 1. The molecule has 2 heterocycles. The smallest absolute Gasteiger partial charge is 0.0743 e. The van der Waals surface area contributed by atoms with Crippen molar-refractivity contribution in [3.63, 3.8) is 0 Å². The molecule has 1 saturated heterocycles. The van der Waals surface area contributed by atoms with E-state index in [4.69, 9.17) is 4.74 Å². The van der Waals surface area contributed by atoms with Crippen LogP contribution in [0.5, 0.6) is 0 Å². The summed E-state index contributed by atoms with van der Waals surface area (Å²) in [5, 5.41) is 1.33. The van der Waals surface area contributed by atoms with Gasteiger partial charge >= 0.3 is 0 Å². The molecule has 1 unspecified atom stereocenters. The number of para-hydroxylation sites is 1. The molecule has 1 aliphatic heterocycles. The van der Waals surface area contributed by atoms with Gasteiger partial charge in [0.2, 0.25) is 0 Å². The number of fused-ring (bicyclic) bond motifs is 1. The first-order valence-electron chi connectivity index (χ1n) is 8.31. The monoisotopic (exact) mass is 306 g/mol. The first-order chi connectivity index (χ1) is 11.4. The Morgan fingerprint density at radius 3 is 2.78 bits per heavy atom. The molecule has 1 fully saturated rings. The third-order valence-electron chi connectivity index (χ3n) is 4.60. The lowest BCUT2D eigenvalue weighted by molar-refractivity contribution is -0.0303. The first kappa shape index (κ1) is 14.5. The van der Waals surface area contributed by atoms with Crippen LogP contribution >= 0.6 is 0 Å². The van der Waals surface area contributed by atoms with Crippen molar-refractivity contribution in [2.75, 3.05) is 19.7 Å². The number of ether oxygens (including phenoxy) is 1. The lowest BCUT2D eigenvalue weighted by Crippen LogP contribution is -2.42. The standard InChI is InChI=1S/C20H22N2O/c1-2-6-16(7-3-1)12-18-15-22(10-11-23-18)14-17-13-21-20-9-5-4-8-19(17)20/h1-9,13,18,21H,10-12,14-15H2. The molecule has 0 amide bonds. The second kappa shape index (κ2) is 6.57. The maximum Gasteiger partial charge on any atom is 0.0743 e. The summed E-state index contributed by atoms with van der Waals surface area (Å²) in [5.41, 5.74) is 3.95. The predicted molar refractivity (Wildman–Crippen MR) is 93.5 cm³/mol. The first-order valence-corrected chi connectivity index (χ1v) is 8.31. The van der Waals surface area contributed by atoms with Crippen LogP contribution in [0.1, 0.15) is 11.1 Å². The largest absolute Gasteiger partial charge is 0.375 e. The summed E-state index contributed by atoms with van der Waals surface area (Å²) in [6.07, 6.45) is 3.42. The van der Waals surface area contributed by atoms with E-state index in [1.807, 2.05) is 0 Å². The van der Waals surface area contributed by atoms with Gasteiger partial charge in [0, 0.05) is 36.7 Å². The van der Waals surface area contributed by atoms with Crippen molar-refractivity contribution < 1.29 is 4.74 Å². The minimum atomic E-state index is 0.288. The molecule has 1 atom stereocenters. The van der Waals surface area contributed by atoms with E-state index in [0.717, 1.165) is 32.7 Å².